The predicted molar refractivity (Wildman–Crippen MR) is 79.5 cm³/mol. The number of nitrogens with one attached hydrogen (secondary N) is 1. The minimum Gasteiger partial charge on any atom is -0.481 e. The van der Waals surface area contributed by atoms with Crippen LogP contribution in [-0.4, -0.2) is 27.1 Å². The molecular formula is C15H15N5O. The van der Waals surface area contributed by atoms with E-state index in [-0.39, 0.29) is 0 Å². The first-order valence-electron chi connectivity index (χ1n) is 6.55. The van der Waals surface area contributed by atoms with Crippen LogP contribution in [0.4, 0.5) is 5.69 Å². The first-order valence-corrected chi connectivity index (χ1v) is 6.55. The fourth-order valence-corrected chi connectivity index (χ4v) is 1.99. The van der Waals surface area contributed by atoms with Crippen molar-refractivity contribution in [3.05, 3.63) is 60.6 Å². The lowest BCUT2D eigenvalue weighted by Gasteiger charge is -2.11. The Hall–Kier alpha value is -2.89. The maximum absolute atomic E-state index is 5.05. The smallest absolute Gasteiger partial charge is 0.212 e. The number of benzene rings is 1. The van der Waals surface area contributed by atoms with E-state index in [4.69, 9.17) is 4.74 Å². The predicted octanol–water partition coefficient (Wildman–Crippen LogP) is 2.28. The van der Waals surface area contributed by atoms with Crippen molar-refractivity contribution < 1.29 is 4.74 Å². The number of hydrogen-bond acceptors (Lipinski definition) is 5. The van der Waals surface area contributed by atoms with E-state index in [2.05, 4.69) is 20.6 Å². The van der Waals surface area contributed by atoms with Crippen molar-refractivity contribution in [1.29, 1.82) is 0 Å². The number of methoxy groups -OCH3 is 1. The monoisotopic (exact) mass is 281 g/mol. The fourth-order valence-electron chi connectivity index (χ4n) is 1.99. The maximum Gasteiger partial charge on any atom is 0.212 e. The van der Waals surface area contributed by atoms with Gasteiger partial charge in [-0.05, 0) is 17.7 Å². The molecule has 0 amide bonds. The van der Waals surface area contributed by atoms with Crippen LogP contribution in [0.1, 0.15) is 5.56 Å². The van der Waals surface area contributed by atoms with Gasteiger partial charge in [-0.2, -0.15) is 0 Å². The zero-order valence-electron chi connectivity index (χ0n) is 11.6. The highest BCUT2D eigenvalue weighted by atomic mass is 16.5. The van der Waals surface area contributed by atoms with Gasteiger partial charge in [0, 0.05) is 18.8 Å². The van der Waals surface area contributed by atoms with Crippen molar-refractivity contribution in [2.75, 3.05) is 12.4 Å². The Morgan fingerprint density at radius 2 is 2.10 bits per heavy atom. The third kappa shape index (κ3) is 3.00. The van der Waals surface area contributed by atoms with Crippen molar-refractivity contribution in [2.24, 2.45) is 0 Å². The summed E-state index contributed by atoms with van der Waals surface area (Å²) in [5.41, 5.74) is 3.01. The first-order chi connectivity index (χ1) is 10.4. The van der Waals surface area contributed by atoms with Gasteiger partial charge >= 0.3 is 0 Å². The molecule has 3 rings (SSSR count). The zero-order valence-corrected chi connectivity index (χ0v) is 11.6. The SMILES string of the molecule is COc1ccc(CNc2ccccc2-n2ccnn2)cn1. The van der Waals surface area contributed by atoms with Gasteiger partial charge in [-0.3, -0.25) is 0 Å². The number of pyridine rings is 1. The molecule has 0 fully saturated rings. The summed E-state index contributed by atoms with van der Waals surface area (Å²) in [5, 5.41) is 11.2. The molecule has 0 spiro atoms. The second kappa shape index (κ2) is 6.04. The van der Waals surface area contributed by atoms with E-state index in [1.54, 1.807) is 24.2 Å². The molecule has 0 aliphatic heterocycles. The van der Waals surface area contributed by atoms with Crippen molar-refractivity contribution in [1.82, 2.24) is 20.0 Å². The van der Waals surface area contributed by atoms with Gasteiger partial charge in [0.15, 0.2) is 0 Å². The minimum atomic E-state index is 0.613. The second-order valence-corrected chi connectivity index (χ2v) is 4.43. The Morgan fingerprint density at radius 1 is 1.19 bits per heavy atom. The van der Waals surface area contributed by atoms with Crippen molar-refractivity contribution in [3.8, 4) is 11.6 Å². The van der Waals surface area contributed by atoms with Crippen molar-refractivity contribution in [2.45, 2.75) is 6.54 Å². The lowest BCUT2D eigenvalue weighted by molar-refractivity contribution is 0.397. The van der Waals surface area contributed by atoms with Crippen LogP contribution in [0.3, 0.4) is 0 Å². The van der Waals surface area contributed by atoms with Gasteiger partial charge in [-0.25, -0.2) is 9.67 Å². The Kier molecular flexibility index (Phi) is 3.77. The summed E-state index contributed by atoms with van der Waals surface area (Å²) in [6.45, 7) is 0.669. The first kappa shape index (κ1) is 13.1. The van der Waals surface area contributed by atoms with E-state index in [1.165, 1.54) is 0 Å². The van der Waals surface area contributed by atoms with Crippen LogP contribution in [0.2, 0.25) is 0 Å². The molecule has 0 aliphatic carbocycles. The molecule has 2 aromatic heterocycles. The van der Waals surface area contributed by atoms with Gasteiger partial charge in [0.2, 0.25) is 5.88 Å². The zero-order chi connectivity index (χ0) is 14.5. The average Bonchev–Trinajstić information content (AvgIpc) is 3.08. The molecule has 3 aromatic rings. The molecule has 1 aromatic carbocycles. The molecule has 6 heteroatoms. The summed E-state index contributed by atoms with van der Waals surface area (Å²) in [6.07, 6.45) is 5.27. The lowest BCUT2D eigenvalue weighted by atomic mass is 10.2. The molecule has 0 saturated heterocycles. The van der Waals surface area contributed by atoms with Gasteiger partial charge in [0.05, 0.1) is 30.9 Å². The van der Waals surface area contributed by atoms with Crippen LogP contribution in [0.5, 0.6) is 5.88 Å². The molecule has 0 atom stereocenters. The average molecular weight is 281 g/mol. The van der Waals surface area contributed by atoms with Gasteiger partial charge in [0.1, 0.15) is 0 Å². The summed E-state index contributed by atoms with van der Waals surface area (Å²) in [7, 11) is 1.61. The molecule has 2 heterocycles. The van der Waals surface area contributed by atoms with E-state index < -0.39 is 0 Å². The Labute approximate surface area is 122 Å². The van der Waals surface area contributed by atoms with Crippen LogP contribution in [0.25, 0.3) is 5.69 Å². The molecule has 6 nitrogen and oxygen atoms in total. The molecule has 0 saturated carbocycles. The van der Waals surface area contributed by atoms with E-state index >= 15 is 0 Å². The highest BCUT2D eigenvalue weighted by Gasteiger charge is 2.04. The number of ether oxygens (including phenoxy) is 1. The van der Waals surface area contributed by atoms with Crippen LogP contribution in [0.15, 0.2) is 55.0 Å². The minimum absolute atomic E-state index is 0.613. The maximum atomic E-state index is 5.05. The number of rotatable bonds is 5. The van der Waals surface area contributed by atoms with Gasteiger partial charge in [-0.15, -0.1) is 5.10 Å². The quantitative estimate of drug-likeness (QED) is 0.777. The van der Waals surface area contributed by atoms with E-state index in [1.807, 2.05) is 42.6 Å². The lowest BCUT2D eigenvalue weighted by Crippen LogP contribution is -2.05. The largest absolute Gasteiger partial charge is 0.481 e. The van der Waals surface area contributed by atoms with E-state index in [0.717, 1.165) is 16.9 Å². The van der Waals surface area contributed by atoms with Crippen molar-refractivity contribution >= 4 is 5.69 Å². The number of hydrogen-bond donors (Lipinski definition) is 1. The number of anilines is 1. The molecule has 106 valence electrons. The molecule has 21 heavy (non-hydrogen) atoms. The Bertz CT molecular complexity index is 694. The summed E-state index contributed by atoms with van der Waals surface area (Å²) >= 11 is 0. The highest BCUT2D eigenvalue weighted by Crippen LogP contribution is 2.19. The molecule has 0 aliphatic rings. The summed E-state index contributed by atoms with van der Waals surface area (Å²) < 4.78 is 6.78. The third-order valence-electron chi connectivity index (χ3n) is 3.06. The van der Waals surface area contributed by atoms with Crippen molar-refractivity contribution in [3.63, 3.8) is 0 Å². The molecule has 0 bridgehead atoms. The summed E-state index contributed by atoms with van der Waals surface area (Å²) in [5.74, 6) is 0.613. The highest BCUT2D eigenvalue weighted by molar-refractivity contribution is 5.60. The van der Waals surface area contributed by atoms with E-state index in [9.17, 15) is 0 Å². The standard InChI is InChI=1S/C15H15N5O/c1-21-15-7-6-12(11-17-15)10-16-13-4-2-3-5-14(13)20-9-8-18-19-20/h2-9,11,16H,10H2,1H3. The van der Waals surface area contributed by atoms with Crippen LogP contribution in [0, 0.1) is 0 Å². The number of nitrogens with zero attached hydrogens (tertiary/aromatic N) is 4. The van der Waals surface area contributed by atoms with Crippen LogP contribution >= 0.6 is 0 Å². The number of para-hydroxylation sites is 2. The Balaban J connectivity index is 1.76. The number of aromatic nitrogens is 4. The van der Waals surface area contributed by atoms with E-state index in [0.29, 0.717) is 12.4 Å². The third-order valence-corrected chi connectivity index (χ3v) is 3.06. The Morgan fingerprint density at radius 3 is 2.81 bits per heavy atom. The van der Waals surface area contributed by atoms with Gasteiger partial charge in [-0.1, -0.05) is 23.4 Å². The van der Waals surface area contributed by atoms with Crippen LogP contribution in [-0.2, 0) is 6.54 Å². The molecule has 0 unspecified atom stereocenters. The molecule has 1 N–H and O–H groups in total. The summed E-state index contributed by atoms with van der Waals surface area (Å²) in [6, 6.07) is 11.8. The molecular weight excluding hydrogens is 266 g/mol. The van der Waals surface area contributed by atoms with Crippen LogP contribution < -0.4 is 10.1 Å². The fraction of sp³-hybridized carbons (Fsp3) is 0.133. The van der Waals surface area contributed by atoms with Gasteiger partial charge in [0.25, 0.3) is 0 Å². The normalized spacial score (nSPS) is 10.3. The molecule has 0 radical (unpaired) electrons. The van der Waals surface area contributed by atoms with Gasteiger partial charge < -0.3 is 10.1 Å². The summed E-state index contributed by atoms with van der Waals surface area (Å²) in [4.78, 5) is 4.19. The topological polar surface area (TPSA) is 64.9 Å². The second-order valence-electron chi connectivity index (χ2n) is 4.43.